The Hall–Kier alpha value is -1.21. The van der Waals surface area contributed by atoms with Crippen LogP contribution in [0, 0.1) is 0 Å². The summed E-state index contributed by atoms with van der Waals surface area (Å²) in [5, 5.41) is 106. The van der Waals surface area contributed by atoms with Crippen molar-refractivity contribution in [3.63, 3.8) is 0 Å². The van der Waals surface area contributed by atoms with Gasteiger partial charge in [0.25, 0.3) is 0 Å². The van der Waals surface area contributed by atoms with Crippen LogP contribution in [0.1, 0.15) is 118 Å². The van der Waals surface area contributed by atoms with Crippen molar-refractivity contribution in [1.82, 2.24) is 0 Å². The van der Waals surface area contributed by atoms with Gasteiger partial charge in [-0.05, 0) is 47.0 Å². The lowest BCUT2D eigenvalue weighted by atomic mass is 9.96. The molecule has 4 aliphatic heterocycles. The summed E-state index contributed by atoms with van der Waals surface area (Å²) in [7, 11) is 0. The van der Waals surface area contributed by atoms with Crippen LogP contribution in [0.5, 0.6) is 0 Å². The molecule has 4 saturated heterocycles. The third-order valence-corrected chi connectivity index (χ3v) is 11.9. The van der Waals surface area contributed by atoms with Crippen molar-refractivity contribution < 1.29 is 93.8 Å². The number of aliphatic carboxylic acids is 1. The first-order valence-electron chi connectivity index (χ1n) is 21.5. The lowest BCUT2D eigenvalue weighted by Gasteiger charge is -2.48. The van der Waals surface area contributed by atoms with Gasteiger partial charge in [0.2, 0.25) is 0 Å². The van der Waals surface area contributed by atoms with Gasteiger partial charge in [-0.3, -0.25) is 4.79 Å². The average molecular weight is 857 g/mol. The second kappa shape index (κ2) is 24.0. The SMILES string of the molecule is CCCCC[C@@H](CCCCCCCCCC(=O)O)O[C@@H]1O[C@H](C)[C@H](O)[C@H](O)[C@H]1O[C@@H]1O[C@@H](C)[C@H](O[C@@H]2O[C@@H](C)[C@H](O[C@@H]3O[C@@H](C)[C@H](O)[C@@H](O)[C@H]3O)C(O)[C@H]2O)[C@@H](O)[C@H]1O. The van der Waals surface area contributed by atoms with E-state index in [0.717, 1.165) is 64.2 Å². The average Bonchev–Trinajstić information content (AvgIpc) is 3.19. The molecule has 10 N–H and O–H groups in total. The summed E-state index contributed by atoms with van der Waals surface area (Å²) in [4.78, 5) is 10.7. The van der Waals surface area contributed by atoms with Crippen LogP contribution in [0.4, 0.5) is 0 Å². The fourth-order valence-corrected chi connectivity index (χ4v) is 8.08. The van der Waals surface area contributed by atoms with Crippen LogP contribution >= 0.6 is 0 Å². The highest BCUT2D eigenvalue weighted by Gasteiger charge is 2.54. The van der Waals surface area contributed by atoms with Gasteiger partial charge >= 0.3 is 5.97 Å². The highest BCUT2D eigenvalue weighted by Crippen LogP contribution is 2.35. The Labute approximate surface area is 346 Å². The predicted octanol–water partition coefficient (Wildman–Crippen LogP) is -0.0697. The van der Waals surface area contributed by atoms with E-state index in [0.29, 0.717) is 12.8 Å². The quantitative estimate of drug-likeness (QED) is 0.0638. The molecule has 346 valence electrons. The van der Waals surface area contributed by atoms with Gasteiger partial charge in [-0.2, -0.15) is 0 Å². The van der Waals surface area contributed by atoms with Crippen LogP contribution in [0.25, 0.3) is 0 Å². The molecule has 4 heterocycles. The van der Waals surface area contributed by atoms with Crippen molar-refractivity contribution in [2.45, 2.75) is 247 Å². The van der Waals surface area contributed by atoms with E-state index >= 15 is 0 Å². The standard InChI is InChI=1S/C40H72O19/c1-6-7-13-16-23(17-14-11-9-8-10-12-15-18-24(41)42)56-40-36(28(46)26(44)20(3)53-40)59-39-33(51)30(48)35(22(5)55-39)58-38-32(50)29(47)34(21(4)54-38)57-37-31(49)27(45)25(43)19(2)52-37/h19-23,25-40,43-51H,6-18H2,1-5H3,(H,41,42)/t19-,20+,21-,22-,23-,25-,26-,27+,28-,29?,30-,31+,32+,33+,34-,35-,36+,37-,38-,39-,40-/m0/s1. The number of hydrogen-bond acceptors (Lipinski definition) is 18. The Kier molecular flexibility index (Phi) is 20.5. The van der Waals surface area contributed by atoms with Gasteiger partial charge < -0.3 is 89.0 Å². The van der Waals surface area contributed by atoms with E-state index in [1.165, 1.54) is 20.8 Å². The molecule has 1 unspecified atom stereocenters. The second-order valence-electron chi connectivity index (χ2n) is 16.7. The van der Waals surface area contributed by atoms with Gasteiger partial charge in [0.05, 0.1) is 30.5 Å². The molecule has 0 radical (unpaired) electrons. The third kappa shape index (κ3) is 13.6. The normalized spacial score (nSPS) is 43.7. The fourth-order valence-electron chi connectivity index (χ4n) is 8.08. The number of rotatable bonds is 22. The Morgan fingerprint density at radius 2 is 0.831 bits per heavy atom. The molecule has 0 saturated carbocycles. The van der Waals surface area contributed by atoms with Gasteiger partial charge in [-0.1, -0.05) is 64.7 Å². The maximum absolute atomic E-state index is 11.3. The number of hydrogen-bond donors (Lipinski definition) is 10. The van der Waals surface area contributed by atoms with Crippen LogP contribution in [0.15, 0.2) is 0 Å². The zero-order valence-corrected chi connectivity index (χ0v) is 35.0. The predicted molar refractivity (Wildman–Crippen MR) is 204 cm³/mol. The molecule has 21 atom stereocenters. The van der Waals surface area contributed by atoms with Crippen molar-refractivity contribution in [2.75, 3.05) is 0 Å². The molecule has 0 aromatic carbocycles. The number of carboxylic acids is 1. The summed E-state index contributed by atoms with van der Waals surface area (Å²) in [6.45, 7) is 8.16. The Morgan fingerprint density at radius 3 is 1.32 bits per heavy atom. The molecular weight excluding hydrogens is 784 g/mol. The summed E-state index contributed by atoms with van der Waals surface area (Å²) in [5.74, 6) is -0.776. The number of carbonyl (C=O) groups is 1. The van der Waals surface area contributed by atoms with Crippen molar-refractivity contribution in [2.24, 2.45) is 0 Å². The Morgan fingerprint density at radius 1 is 0.458 bits per heavy atom. The lowest BCUT2D eigenvalue weighted by molar-refractivity contribution is -0.387. The molecule has 0 aromatic heterocycles. The lowest BCUT2D eigenvalue weighted by Crippen LogP contribution is -2.66. The van der Waals surface area contributed by atoms with Crippen molar-refractivity contribution in [3.05, 3.63) is 0 Å². The largest absolute Gasteiger partial charge is 0.481 e. The first-order valence-corrected chi connectivity index (χ1v) is 21.5. The van der Waals surface area contributed by atoms with Gasteiger partial charge in [0.1, 0.15) is 73.2 Å². The zero-order valence-electron chi connectivity index (χ0n) is 35.0. The first-order chi connectivity index (χ1) is 28.0. The summed E-state index contributed by atoms with van der Waals surface area (Å²) >= 11 is 0. The molecule has 4 aliphatic rings. The van der Waals surface area contributed by atoms with Crippen molar-refractivity contribution in [3.8, 4) is 0 Å². The zero-order chi connectivity index (χ0) is 43.6. The smallest absolute Gasteiger partial charge is 0.303 e. The van der Waals surface area contributed by atoms with E-state index in [-0.39, 0.29) is 12.5 Å². The van der Waals surface area contributed by atoms with E-state index in [9.17, 15) is 50.8 Å². The van der Waals surface area contributed by atoms with Crippen LogP contribution < -0.4 is 0 Å². The summed E-state index contributed by atoms with van der Waals surface area (Å²) < 4.78 is 47.4. The molecule has 0 amide bonds. The molecule has 59 heavy (non-hydrogen) atoms. The molecule has 19 heteroatoms. The molecule has 0 bridgehead atoms. The minimum absolute atomic E-state index is 0.187. The summed E-state index contributed by atoms with van der Waals surface area (Å²) in [6.07, 6.45) is -17.3. The topological polar surface area (TPSA) is 293 Å². The number of aliphatic hydroxyl groups excluding tert-OH is 9. The van der Waals surface area contributed by atoms with Crippen LogP contribution in [0.3, 0.4) is 0 Å². The van der Waals surface area contributed by atoms with Gasteiger partial charge in [0.15, 0.2) is 25.2 Å². The van der Waals surface area contributed by atoms with Crippen LogP contribution in [-0.4, -0.2) is 186 Å². The molecule has 19 nitrogen and oxygen atoms in total. The molecule has 0 aliphatic carbocycles. The highest BCUT2D eigenvalue weighted by molar-refractivity contribution is 5.66. The molecule has 0 aromatic rings. The third-order valence-electron chi connectivity index (χ3n) is 11.9. The molecule has 0 spiro atoms. The van der Waals surface area contributed by atoms with Gasteiger partial charge in [0, 0.05) is 6.42 Å². The Balaban J connectivity index is 1.35. The summed E-state index contributed by atoms with van der Waals surface area (Å²) in [5.41, 5.74) is 0. The molecule has 4 fully saturated rings. The maximum Gasteiger partial charge on any atom is 0.303 e. The van der Waals surface area contributed by atoms with E-state index in [1.807, 2.05) is 0 Å². The molecular formula is C40H72O19. The van der Waals surface area contributed by atoms with E-state index in [1.54, 1.807) is 6.92 Å². The summed E-state index contributed by atoms with van der Waals surface area (Å²) in [6, 6.07) is 0. The van der Waals surface area contributed by atoms with Crippen LogP contribution in [0.2, 0.25) is 0 Å². The first kappa shape index (κ1) is 50.4. The van der Waals surface area contributed by atoms with Gasteiger partial charge in [-0.25, -0.2) is 0 Å². The van der Waals surface area contributed by atoms with E-state index in [4.69, 9.17) is 43.0 Å². The minimum Gasteiger partial charge on any atom is -0.481 e. The second-order valence-corrected chi connectivity index (χ2v) is 16.7. The highest BCUT2D eigenvalue weighted by atomic mass is 16.8. The number of unbranched alkanes of at least 4 members (excludes halogenated alkanes) is 8. The van der Waals surface area contributed by atoms with Crippen LogP contribution in [-0.2, 0) is 42.7 Å². The van der Waals surface area contributed by atoms with E-state index in [2.05, 4.69) is 6.92 Å². The fraction of sp³-hybridized carbons (Fsp3) is 0.975. The minimum atomic E-state index is -1.78. The maximum atomic E-state index is 11.3. The number of aliphatic hydroxyl groups is 9. The molecule has 4 rings (SSSR count). The Bertz CT molecular complexity index is 1220. The van der Waals surface area contributed by atoms with Gasteiger partial charge in [-0.15, -0.1) is 0 Å². The number of ether oxygens (including phenoxy) is 8. The van der Waals surface area contributed by atoms with Crippen molar-refractivity contribution >= 4 is 5.97 Å². The van der Waals surface area contributed by atoms with Crippen molar-refractivity contribution in [1.29, 1.82) is 0 Å². The monoisotopic (exact) mass is 856 g/mol. The number of carboxylic acid groups (broad SMARTS) is 1. The van der Waals surface area contributed by atoms with E-state index < -0.39 is 129 Å².